The lowest BCUT2D eigenvalue weighted by molar-refractivity contribution is -0.158. The van der Waals surface area contributed by atoms with Crippen LogP contribution in [0.5, 0.6) is 0 Å². The van der Waals surface area contributed by atoms with Crippen LogP contribution in [-0.2, 0) is 37.0 Å². The fraction of sp³-hybridized carbons (Fsp3) is 0.630. The van der Waals surface area contributed by atoms with E-state index in [2.05, 4.69) is 35.7 Å². The monoisotopic (exact) mass is 947 g/mol. The number of rotatable bonds is 18. The van der Waals surface area contributed by atoms with Gasteiger partial charge in [-0.15, -0.1) is 0 Å². The van der Waals surface area contributed by atoms with Crippen LogP contribution in [0, 0.1) is 17.8 Å². The van der Waals surface area contributed by atoms with E-state index in [9.17, 15) is 14.4 Å². The Morgan fingerprint density at radius 1 is 0.797 bits per heavy atom. The van der Waals surface area contributed by atoms with Crippen LogP contribution in [0.15, 0.2) is 53.5 Å². The maximum atomic E-state index is 15.3. The first-order valence-corrected chi connectivity index (χ1v) is 26.1. The Bertz CT molecular complexity index is 2540. The molecule has 3 aliphatic heterocycles. The SMILES string of the molecule is CCCCC1(C(=O)OCN(C(=O)N2CCC(c3cc4ccccc4[nH]c3=O)CC2)C(Cc2cc(C)c3nn(COC(=O)C4(CCCC)CC4)cc3c2)C(=O)N2CCN(C3CCN(C)CC3)CC2)CC1. The maximum Gasteiger partial charge on any atom is 0.323 e. The summed E-state index contributed by atoms with van der Waals surface area (Å²) in [6.45, 7) is 11.4. The third-order valence-corrected chi connectivity index (χ3v) is 16.3. The topological polar surface area (TPSA) is 154 Å². The van der Waals surface area contributed by atoms with Crippen molar-refractivity contribution in [1.29, 1.82) is 0 Å². The smallest absolute Gasteiger partial charge is 0.323 e. The van der Waals surface area contributed by atoms with Gasteiger partial charge in [0.05, 0.1) is 16.3 Å². The highest BCUT2D eigenvalue weighted by Gasteiger charge is 2.52. The predicted molar refractivity (Wildman–Crippen MR) is 265 cm³/mol. The Balaban J connectivity index is 0.985. The van der Waals surface area contributed by atoms with Gasteiger partial charge >= 0.3 is 18.0 Å². The van der Waals surface area contributed by atoms with Crippen molar-refractivity contribution in [3.63, 3.8) is 0 Å². The van der Waals surface area contributed by atoms with Gasteiger partial charge in [-0.25, -0.2) is 9.48 Å². The third kappa shape index (κ3) is 10.9. The summed E-state index contributed by atoms with van der Waals surface area (Å²) >= 11 is 0. The van der Waals surface area contributed by atoms with Gasteiger partial charge in [-0.3, -0.25) is 29.0 Å². The van der Waals surface area contributed by atoms with Crippen molar-refractivity contribution in [2.75, 3.05) is 66.1 Å². The molecule has 15 heteroatoms. The highest BCUT2D eigenvalue weighted by Crippen LogP contribution is 2.52. The van der Waals surface area contributed by atoms with E-state index in [1.54, 1.807) is 9.58 Å². The first kappa shape index (κ1) is 48.7. The number of nitrogens with zero attached hydrogens (tertiary/aromatic N) is 7. The van der Waals surface area contributed by atoms with Gasteiger partial charge in [-0.1, -0.05) is 63.8 Å². The van der Waals surface area contributed by atoms with Gasteiger partial charge in [0.2, 0.25) is 5.91 Å². The Hall–Kier alpha value is -5.28. The average molecular weight is 947 g/mol. The molecule has 372 valence electrons. The van der Waals surface area contributed by atoms with Crippen LogP contribution in [0.3, 0.4) is 0 Å². The summed E-state index contributed by atoms with van der Waals surface area (Å²) in [6, 6.07) is 12.9. The predicted octanol–water partition coefficient (Wildman–Crippen LogP) is 7.58. The number of likely N-dealkylation sites (tertiary alicyclic amines) is 2. The first-order chi connectivity index (χ1) is 33.4. The van der Waals surface area contributed by atoms with Crippen molar-refractivity contribution in [1.82, 2.24) is 39.3 Å². The molecule has 0 radical (unpaired) electrons. The van der Waals surface area contributed by atoms with Gasteiger partial charge in [-0.05, 0) is 132 Å². The normalized spacial score (nSPS) is 20.2. The second kappa shape index (κ2) is 21.0. The lowest BCUT2D eigenvalue weighted by Crippen LogP contribution is -2.60. The minimum absolute atomic E-state index is 0.0140. The molecule has 2 aromatic heterocycles. The molecule has 3 amide bonds. The number of fused-ring (bicyclic) bond motifs is 2. The number of unbranched alkanes of at least 4 members (excludes halogenated alkanes) is 2. The number of nitrogens with one attached hydrogen (secondary N) is 1. The number of carbonyl (C=O) groups excluding carboxylic acids is 4. The minimum atomic E-state index is -0.974. The molecule has 1 unspecified atom stereocenters. The quantitative estimate of drug-likeness (QED) is 0.0781. The fourth-order valence-electron chi connectivity index (χ4n) is 11.4. The molecule has 2 aliphatic carbocycles. The summed E-state index contributed by atoms with van der Waals surface area (Å²) in [7, 11) is 2.17. The van der Waals surface area contributed by atoms with Crippen LogP contribution >= 0.6 is 0 Å². The fourth-order valence-corrected chi connectivity index (χ4v) is 11.4. The van der Waals surface area contributed by atoms with E-state index in [0.29, 0.717) is 50.6 Å². The third-order valence-electron chi connectivity index (χ3n) is 16.3. The number of aromatic amines is 1. The molecule has 0 spiro atoms. The molecule has 5 aliphatic rings. The average Bonchev–Trinajstić information content (AvgIpc) is 4.30. The second-order valence-corrected chi connectivity index (χ2v) is 21.2. The summed E-state index contributed by atoms with van der Waals surface area (Å²) in [5.74, 6) is -0.666. The molecule has 9 rings (SSSR count). The Morgan fingerprint density at radius 2 is 1.45 bits per heavy atom. The molecular formula is C54H74N8O7. The molecule has 69 heavy (non-hydrogen) atoms. The van der Waals surface area contributed by atoms with E-state index in [4.69, 9.17) is 14.6 Å². The zero-order valence-corrected chi connectivity index (χ0v) is 41.5. The van der Waals surface area contributed by atoms with E-state index in [-0.39, 0.29) is 60.7 Å². The summed E-state index contributed by atoms with van der Waals surface area (Å²) < 4.78 is 13.7. The van der Waals surface area contributed by atoms with Crippen LogP contribution in [0.4, 0.5) is 4.79 Å². The van der Waals surface area contributed by atoms with Crippen molar-refractivity contribution in [3.05, 3.63) is 75.7 Å². The molecular weight excluding hydrogens is 873 g/mol. The number of carbonyl (C=O) groups is 4. The van der Waals surface area contributed by atoms with Gasteiger partial charge in [0.1, 0.15) is 6.04 Å². The number of pyridine rings is 1. The number of esters is 2. The van der Waals surface area contributed by atoms with Crippen LogP contribution < -0.4 is 5.56 Å². The van der Waals surface area contributed by atoms with Gasteiger partial charge in [-0.2, -0.15) is 5.10 Å². The number of amides is 3. The Labute approximate surface area is 406 Å². The number of urea groups is 1. The van der Waals surface area contributed by atoms with E-state index < -0.39 is 11.5 Å². The van der Waals surface area contributed by atoms with Crippen LogP contribution in [0.25, 0.3) is 21.8 Å². The van der Waals surface area contributed by atoms with Gasteiger partial charge < -0.3 is 29.2 Å². The van der Waals surface area contributed by atoms with E-state index >= 15 is 9.59 Å². The zero-order chi connectivity index (χ0) is 48.3. The van der Waals surface area contributed by atoms with Crippen LogP contribution in [0.1, 0.15) is 126 Å². The molecule has 2 saturated carbocycles. The number of hydrogen-bond acceptors (Lipinski definition) is 10. The molecule has 1 N–H and O–H groups in total. The lowest BCUT2D eigenvalue weighted by Gasteiger charge is -2.44. The van der Waals surface area contributed by atoms with E-state index in [1.165, 1.54) is 4.90 Å². The standard InChI is InChI=1S/C54H74N8O7/c1-5-7-17-53(19-20-53)50(65)68-36-61-35-42-32-39(31-38(3)47(42)56-61)33-46(49(64)59-29-27-58(28-30-59)43-15-23-57(4)24-16-43)62(37-69-51(66)54(21-22-54)18-8-6-2)52(67)60-25-13-40(14-26-60)44-34-41-11-9-10-12-45(41)55-48(44)63/h9-12,31-32,34-35,40,43,46H,5-8,13-30,33,36-37H2,1-4H3,(H,55,63). The molecule has 2 aromatic carbocycles. The Morgan fingerprint density at radius 3 is 2.10 bits per heavy atom. The second-order valence-electron chi connectivity index (χ2n) is 21.2. The molecule has 5 fully saturated rings. The number of hydrogen-bond donors (Lipinski definition) is 1. The molecule has 3 saturated heterocycles. The zero-order valence-electron chi connectivity index (χ0n) is 41.5. The number of para-hydroxylation sites is 1. The molecule has 15 nitrogen and oxygen atoms in total. The molecule has 4 aromatic rings. The summed E-state index contributed by atoms with van der Waals surface area (Å²) in [5.41, 5.74) is 3.01. The van der Waals surface area contributed by atoms with E-state index in [0.717, 1.165) is 136 Å². The lowest BCUT2D eigenvalue weighted by atomic mass is 9.89. The van der Waals surface area contributed by atoms with Crippen LogP contribution in [0.2, 0.25) is 0 Å². The van der Waals surface area contributed by atoms with Crippen molar-refractivity contribution in [3.8, 4) is 0 Å². The van der Waals surface area contributed by atoms with Gasteiger partial charge in [0, 0.05) is 74.4 Å². The van der Waals surface area contributed by atoms with E-state index in [1.807, 2.05) is 60.5 Å². The molecule has 5 heterocycles. The Kier molecular flexibility index (Phi) is 14.8. The minimum Gasteiger partial charge on any atom is -0.444 e. The van der Waals surface area contributed by atoms with Crippen molar-refractivity contribution in [2.24, 2.45) is 10.8 Å². The number of benzene rings is 2. The number of aryl methyl sites for hydroxylation is 1. The summed E-state index contributed by atoms with van der Waals surface area (Å²) in [6.07, 6.45) is 14.2. The largest absolute Gasteiger partial charge is 0.444 e. The number of aromatic nitrogens is 3. The molecule has 0 bridgehead atoms. The van der Waals surface area contributed by atoms with Gasteiger partial charge in [0.15, 0.2) is 13.5 Å². The molecule has 1 atom stereocenters. The highest BCUT2D eigenvalue weighted by atomic mass is 16.6. The number of piperidine rings is 2. The first-order valence-electron chi connectivity index (χ1n) is 26.1. The van der Waals surface area contributed by atoms with Crippen molar-refractivity contribution in [2.45, 2.75) is 142 Å². The van der Waals surface area contributed by atoms with Crippen LogP contribution in [-0.4, -0.2) is 141 Å². The highest BCUT2D eigenvalue weighted by molar-refractivity contribution is 5.89. The number of H-pyrrole nitrogens is 1. The summed E-state index contributed by atoms with van der Waals surface area (Å²) in [4.78, 5) is 84.2. The van der Waals surface area contributed by atoms with Crippen molar-refractivity contribution < 1.29 is 28.7 Å². The number of ether oxygens (including phenoxy) is 2. The number of piperazine rings is 1. The van der Waals surface area contributed by atoms with Crippen molar-refractivity contribution >= 4 is 45.7 Å². The van der Waals surface area contributed by atoms with Gasteiger partial charge in [0.25, 0.3) is 5.56 Å². The maximum absolute atomic E-state index is 15.3. The summed E-state index contributed by atoms with van der Waals surface area (Å²) in [5, 5.41) is 6.61.